The summed E-state index contributed by atoms with van der Waals surface area (Å²) < 4.78 is 23.0. The Hall–Kier alpha value is -4.10. The first-order valence-corrected chi connectivity index (χ1v) is 12.6. The van der Waals surface area contributed by atoms with Crippen LogP contribution in [0.25, 0.3) is 22.1 Å². The molecule has 1 aromatic heterocycles. The first-order chi connectivity index (χ1) is 18.2. The van der Waals surface area contributed by atoms with Gasteiger partial charge in [-0.3, -0.25) is 9.59 Å². The normalized spacial score (nSPS) is 15.2. The summed E-state index contributed by atoms with van der Waals surface area (Å²) in [5, 5.41) is 0.903. The highest BCUT2D eigenvalue weighted by Crippen LogP contribution is 2.40. The van der Waals surface area contributed by atoms with Crippen LogP contribution in [0, 0.1) is 0 Å². The van der Waals surface area contributed by atoms with E-state index in [2.05, 4.69) is 6.07 Å². The van der Waals surface area contributed by atoms with E-state index in [1.165, 1.54) is 0 Å². The number of aryl methyl sites for hydroxylation is 1. The van der Waals surface area contributed by atoms with Gasteiger partial charge < -0.3 is 23.5 Å². The zero-order valence-corrected chi connectivity index (χ0v) is 20.4. The molecule has 4 aromatic rings. The maximum absolute atomic E-state index is 13.7. The molecule has 0 spiro atoms. The van der Waals surface area contributed by atoms with Crippen LogP contribution in [-0.2, 0) is 16.0 Å². The number of rotatable bonds is 6. The van der Waals surface area contributed by atoms with E-state index < -0.39 is 0 Å². The minimum absolute atomic E-state index is 0.0538. The fraction of sp³-hybridized carbons (Fsp3) is 0.267. The molecule has 0 atom stereocenters. The van der Waals surface area contributed by atoms with Crippen molar-refractivity contribution >= 4 is 22.7 Å². The van der Waals surface area contributed by atoms with Crippen molar-refractivity contribution in [1.29, 1.82) is 0 Å². The number of hydrogen-bond acceptors (Lipinski definition) is 6. The lowest BCUT2D eigenvalue weighted by Gasteiger charge is -2.26. The van der Waals surface area contributed by atoms with Gasteiger partial charge in [-0.15, -0.1) is 0 Å². The van der Waals surface area contributed by atoms with Crippen molar-refractivity contribution in [2.24, 2.45) is 0 Å². The molecule has 0 saturated carbocycles. The summed E-state index contributed by atoms with van der Waals surface area (Å²) in [6.07, 6.45) is 1.90. The van der Waals surface area contributed by atoms with E-state index in [9.17, 15) is 9.59 Å². The molecule has 1 fully saturated rings. The zero-order chi connectivity index (χ0) is 25.2. The molecule has 1 amide bonds. The van der Waals surface area contributed by atoms with E-state index in [0.29, 0.717) is 55.6 Å². The van der Waals surface area contributed by atoms with Gasteiger partial charge in [-0.25, -0.2) is 0 Å². The monoisotopic (exact) mass is 497 g/mol. The van der Waals surface area contributed by atoms with E-state index in [1.54, 1.807) is 29.2 Å². The smallest absolute Gasteiger partial charge is 0.260 e. The minimum Gasteiger partial charge on any atom is -0.493 e. The molecule has 7 nitrogen and oxygen atoms in total. The fourth-order valence-corrected chi connectivity index (χ4v) is 4.88. The number of fused-ring (bicyclic) bond motifs is 2. The average Bonchev–Trinajstić information content (AvgIpc) is 3.33. The van der Waals surface area contributed by atoms with Gasteiger partial charge in [0.25, 0.3) is 5.91 Å². The van der Waals surface area contributed by atoms with E-state index in [0.717, 1.165) is 40.7 Å². The summed E-state index contributed by atoms with van der Waals surface area (Å²) in [7, 11) is 0. The predicted octanol–water partition coefficient (Wildman–Crippen LogP) is 4.89. The van der Waals surface area contributed by atoms with Gasteiger partial charge in [0.2, 0.25) is 5.78 Å². The Morgan fingerprint density at radius 3 is 2.49 bits per heavy atom. The van der Waals surface area contributed by atoms with Crippen LogP contribution >= 0.6 is 0 Å². The van der Waals surface area contributed by atoms with Crippen LogP contribution in [0.3, 0.4) is 0 Å². The van der Waals surface area contributed by atoms with Crippen LogP contribution in [0.4, 0.5) is 0 Å². The Morgan fingerprint density at radius 1 is 0.919 bits per heavy atom. The Labute approximate surface area is 214 Å². The van der Waals surface area contributed by atoms with E-state index >= 15 is 0 Å². The second kappa shape index (κ2) is 10.1. The number of benzene rings is 3. The first kappa shape index (κ1) is 23.3. The molecular weight excluding hydrogens is 470 g/mol. The third-order valence-electron chi connectivity index (χ3n) is 6.83. The predicted molar refractivity (Wildman–Crippen MR) is 138 cm³/mol. The average molecular weight is 498 g/mol. The Kier molecular flexibility index (Phi) is 6.37. The Bertz CT molecular complexity index is 1430. The molecule has 37 heavy (non-hydrogen) atoms. The number of amides is 1. The molecule has 0 aliphatic carbocycles. The first-order valence-electron chi connectivity index (χ1n) is 12.6. The standard InChI is InChI=1S/C30H27NO6/c32-27(31-12-15-34-16-13-31)19-36-23-10-8-21(9-11-23)29(33)30-28(20-5-2-1-3-6-20)24-17-22-7-4-14-35-25(22)18-26(24)37-30/h1-3,5-6,8-11,17-18H,4,7,12-16,19H2. The van der Waals surface area contributed by atoms with Gasteiger partial charge >= 0.3 is 0 Å². The van der Waals surface area contributed by atoms with Crippen molar-refractivity contribution in [3.63, 3.8) is 0 Å². The summed E-state index contributed by atoms with van der Waals surface area (Å²) in [5.41, 5.74) is 3.94. The highest BCUT2D eigenvalue weighted by atomic mass is 16.5. The number of ketones is 1. The molecule has 2 aliphatic heterocycles. The molecule has 0 N–H and O–H groups in total. The van der Waals surface area contributed by atoms with Crippen LogP contribution in [-0.4, -0.2) is 56.1 Å². The van der Waals surface area contributed by atoms with E-state index in [1.807, 2.05) is 36.4 Å². The molecular formula is C30H27NO6. The molecule has 3 heterocycles. The number of carbonyl (C=O) groups is 2. The van der Waals surface area contributed by atoms with Crippen molar-refractivity contribution in [3.05, 3.63) is 83.6 Å². The van der Waals surface area contributed by atoms with Crippen LogP contribution < -0.4 is 9.47 Å². The second-order valence-corrected chi connectivity index (χ2v) is 9.22. The van der Waals surface area contributed by atoms with Gasteiger partial charge in [0.05, 0.1) is 19.8 Å². The molecule has 0 unspecified atom stereocenters. The molecule has 0 bridgehead atoms. The summed E-state index contributed by atoms with van der Waals surface area (Å²) in [5.74, 6) is 1.34. The van der Waals surface area contributed by atoms with Gasteiger partial charge in [-0.1, -0.05) is 30.3 Å². The largest absolute Gasteiger partial charge is 0.493 e. The number of ether oxygens (including phenoxy) is 3. The number of hydrogen-bond donors (Lipinski definition) is 0. The van der Waals surface area contributed by atoms with Crippen LogP contribution in [0.5, 0.6) is 11.5 Å². The lowest BCUT2D eigenvalue weighted by Crippen LogP contribution is -2.42. The van der Waals surface area contributed by atoms with Gasteiger partial charge in [-0.05, 0) is 54.3 Å². The lowest BCUT2D eigenvalue weighted by molar-refractivity contribution is -0.137. The van der Waals surface area contributed by atoms with Crippen molar-refractivity contribution in [3.8, 4) is 22.6 Å². The second-order valence-electron chi connectivity index (χ2n) is 9.22. The molecule has 3 aromatic carbocycles. The van der Waals surface area contributed by atoms with E-state index in [-0.39, 0.29) is 18.3 Å². The summed E-state index contributed by atoms with van der Waals surface area (Å²) in [6.45, 7) is 2.87. The van der Waals surface area contributed by atoms with Crippen molar-refractivity contribution in [2.75, 3.05) is 39.5 Å². The van der Waals surface area contributed by atoms with Crippen LogP contribution in [0.2, 0.25) is 0 Å². The molecule has 188 valence electrons. The van der Waals surface area contributed by atoms with Crippen molar-refractivity contribution in [2.45, 2.75) is 12.8 Å². The van der Waals surface area contributed by atoms with Gasteiger partial charge in [-0.2, -0.15) is 0 Å². The molecule has 1 saturated heterocycles. The number of nitrogens with zero attached hydrogens (tertiary/aromatic N) is 1. The van der Waals surface area contributed by atoms with E-state index in [4.69, 9.17) is 18.6 Å². The molecule has 6 rings (SSSR count). The molecule has 0 radical (unpaired) electrons. The zero-order valence-electron chi connectivity index (χ0n) is 20.4. The van der Waals surface area contributed by atoms with Crippen LogP contribution in [0.1, 0.15) is 28.1 Å². The quantitative estimate of drug-likeness (QED) is 0.353. The Balaban J connectivity index is 1.28. The van der Waals surface area contributed by atoms with Gasteiger partial charge in [0.1, 0.15) is 17.1 Å². The Morgan fingerprint density at radius 2 is 1.70 bits per heavy atom. The molecule has 7 heteroatoms. The maximum Gasteiger partial charge on any atom is 0.260 e. The highest BCUT2D eigenvalue weighted by molar-refractivity contribution is 6.16. The SMILES string of the molecule is O=C(c1ccc(OCC(=O)N2CCOCC2)cc1)c1oc2cc3c(cc2c1-c1ccccc1)CCCO3. The highest BCUT2D eigenvalue weighted by Gasteiger charge is 2.25. The topological polar surface area (TPSA) is 78.2 Å². The fourth-order valence-electron chi connectivity index (χ4n) is 4.88. The van der Waals surface area contributed by atoms with Crippen molar-refractivity contribution in [1.82, 2.24) is 4.90 Å². The third-order valence-corrected chi connectivity index (χ3v) is 6.83. The summed E-state index contributed by atoms with van der Waals surface area (Å²) in [4.78, 5) is 27.8. The number of carbonyl (C=O) groups excluding carboxylic acids is 2. The number of furan rings is 1. The van der Waals surface area contributed by atoms with Gasteiger partial charge in [0, 0.05) is 35.7 Å². The van der Waals surface area contributed by atoms with Crippen LogP contribution in [0.15, 0.2) is 71.1 Å². The summed E-state index contributed by atoms with van der Waals surface area (Å²) >= 11 is 0. The third kappa shape index (κ3) is 4.70. The number of morpholine rings is 1. The lowest BCUT2D eigenvalue weighted by atomic mass is 9.96. The minimum atomic E-state index is -0.218. The maximum atomic E-state index is 13.7. The van der Waals surface area contributed by atoms with Crippen molar-refractivity contribution < 1.29 is 28.2 Å². The summed E-state index contributed by atoms with van der Waals surface area (Å²) in [6, 6.07) is 20.6. The van der Waals surface area contributed by atoms with Gasteiger partial charge in [0.15, 0.2) is 12.4 Å². The molecule has 2 aliphatic rings.